The zero-order chi connectivity index (χ0) is 13.2. The van der Waals surface area contributed by atoms with Gasteiger partial charge in [0.15, 0.2) is 0 Å². The molecule has 1 aliphatic rings. The predicted octanol–water partition coefficient (Wildman–Crippen LogP) is 3.04. The van der Waals surface area contributed by atoms with Crippen molar-refractivity contribution in [2.24, 2.45) is 5.73 Å². The molecular formula is C16H15NOS. The average molecular weight is 269 g/mol. The smallest absolute Gasteiger partial charge is 0.119 e. The summed E-state index contributed by atoms with van der Waals surface area (Å²) in [5.74, 6) is 1.39. The second kappa shape index (κ2) is 5.02. The van der Waals surface area contributed by atoms with Crippen molar-refractivity contribution in [2.45, 2.75) is 12.3 Å². The van der Waals surface area contributed by atoms with Crippen molar-refractivity contribution in [3.63, 3.8) is 0 Å². The lowest BCUT2D eigenvalue weighted by Gasteiger charge is -2.29. The van der Waals surface area contributed by atoms with E-state index < -0.39 is 0 Å². The number of ether oxygens (including phenoxy) is 1. The van der Waals surface area contributed by atoms with Crippen LogP contribution in [0.3, 0.4) is 0 Å². The normalized spacial score (nSPS) is 16.3. The second-order valence-electron chi connectivity index (χ2n) is 4.80. The minimum absolute atomic E-state index is 0.416. The van der Waals surface area contributed by atoms with E-state index in [1.165, 1.54) is 11.1 Å². The molecule has 0 saturated heterocycles. The van der Waals surface area contributed by atoms with Gasteiger partial charge < -0.3 is 10.5 Å². The highest BCUT2D eigenvalue weighted by Gasteiger charge is 2.25. The van der Waals surface area contributed by atoms with Gasteiger partial charge in [-0.3, -0.25) is 0 Å². The summed E-state index contributed by atoms with van der Waals surface area (Å²) in [5, 5.41) is 0. The van der Waals surface area contributed by atoms with Crippen molar-refractivity contribution < 1.29 is 4.74 Å². The summed E-state index contributed by atoms with van der Waals surface area (Å²) in [7, 11) is 0. The molecule has 96 valence electrons. The first-order valence-electron chi connectivity index (χ1n) is 6.34. The molecule has 0 spiro atoms. The highest BCUT2D eigenvalue weighted by molar-refractivity contribution is 7.80. The zero-order valence-electron chi connectivity index (χ0n) is 10.5. The molecular weight excluding hydrogens is 254 g/mol. The molecule has 0 heterocycles. The van der Waals surface area contributed by atoms with Gasteiger partial charge in [0.1, 0.15) is 10.7 Å². The summed E-state index contributed by atoms with van der Waals surface area (Å²) in [6, 6.07) is 16.2. The summed E-state index contributed by atoms with van der Waals surface area (Å²) in [6.45, 7) is 0.726. The number of fused-ring (bicyclic) bond motifs is 1. The van der Waals surface area contributed by atoms with Crippen molar-refractivity contribution in [2.75, 3.05) is 6.61 Å². The molecule has 2 N–H and O–H groups in total. The van der Waals surface area contributed by atoms with Crippen molar-refractivity contribution in [1.82, 2.24) is 0 Å². The number of nitrogens with two attached hydrogens (primary N) is 1. The van der Waals surface area contributed by atoms with E-state index in [9.17, 15) is 0 Å². The van der Waals surface area contributed by atoms with Crippen LogP contribution in [0.4, 0.5) is 0 Å². The first-order chi connectivity index (χ1) is 9.24. The Kier molecular flexibility index (Phi) is 3.22. The minimum Gasteiger partial charge on any atom is -0.493 e. The Morgan fingerprint density at radius 3 is 2.58 bits per heavy atom. The maximum atomic E-state index is 5.82. The van der Waals surface area contributed by atoms with Gasteiger partial charge >= 0.3 is 0 Å². The topological polar surface area (TPSA) is 35.2 Å². The number of thiocarbonyl (C=S) groups is 1. The third-order valence-corrected chi connectivity index (χ3v) is 3.79. The van der Waals surface area contributed by atoms with Crippen LogP contribution in [0.5, 0.6) is 5.75 Å². The van der Waals surface area contributed by atoms with Crippen LogP contribution in [0, 0.1) is 0 Å². The lowest BCUT2D eigenvalue weighted by atomic mass is 9.78. The molecule has 0 amide bonds. The summed E-state index contributed by atoms with van der Waals surface area (Å²) >= 11 is 4.92. The van der Waals surface area contributed by atoms with E-state index in [-0.39, 0.29) is 0 Å². The maximum absolute atomic E-state index is 5.82. The van der Waals surface area contributed by atoms with Crippen LogP contribution in [-0.2, 0) is 6.42 Å². The first kappa shape index (κ1) is 12.2. The van der Waals surface area contributed by atoms with Crippen molar-refractivity contribution in [3.05, 3.63) is 65.2 Å². The molecule has 1 aliphatic carbocycles. The minimum atomic E-state index is 0.416. The molecule has 0 aromatic heterocycles. The summed E-state index contributed by atoms with van der Waals surface area (Å²) < 4.78 is 5.82. The van der Waals surface area contributed by atoms with Crippen LogP contribution in [0.15, 0.2) is 48.5 Å². The van der Waals surface area contributed by atoms with Gasteiger partial charge in [0, 0.05) is 11.5 Å². The van der Waals surface area contributed by atoms with E-state index in [0.717, 1.165) is 24.3 Å². The third-order valence-electron chi connectivity index (χ3n) is 3.55. The highest BCUT2D eigenvalue weighted by atomic mass is 32.1. The molecule has 2 aromatic rings. The predicted molar refractivity (Wildman–Crippen MR) is 80.7 cm³/mol. The Labute approximate surface area is 118 Å². The van der Waals surface area contributed by atoms with Gasteiger partial charge in [-0.1, -0.05) is 36.5 Å². The van der Waals surface area contributed by atoms with Gasteiger partial charge in [0.2, 0.25) is 0 Å². The third kappa shape index (κ3) is 2.47. The number of hydrogen-bond donors (Lipinski definition) is 1. The average Bonchev–Trinajstić information content (AvgIpc) is 2.40. The fourth-order valence-corrected chi connectivity index (χ4v) is 2.56. The van der Waals surface area contributed by atoms with E-state index in [2.05, 4.69) is 24.3 Å². The van der Waals surface area contributed by atoms with Gasteiger partial charge in [-0.2, -0.15) is 0 Å². The molecule has 2 nitrogen and oxygen atoms in total. The molecule has 0 aliphatic heterocycles. The van der Waals surface area contributed by atoms with Crippen LogP contribution in [0.25, 0.3) is 0 Å². The molecule has 3 heteroatoms. The van der Waals surface area contributed by atoms with E-state index in [4.69, 9.17) is 22.7 Å². The second-order valence-corrected chi connectivity index (χ2v) is 5.24. The zero-order valence-corrected chi connectivity index (χ0v) is 11.3. The number of benzene rings is 2. The van der Waals surface area contributed by atoms with Crippen molar-refractivity contribution >= 4 is 17.2 Å². The molecule has 3 rings (SSSR count). The Hall–Kier alpha value is -1.87. The molecule has 19 heavy (non-hydrogen) atoms. The van der Waals surface area contributed by atoms with Crippen LogP contribution >= 0.6 is 12.2 Å². The first-order valence-corrected chi connectivity index (χ1v) is 6.75. The SMILES string of the molecule is NC(=S)c1ccc(OCC2Cc3ccccc32)cc1. The Bertz CT molecular complexity index is 606. The molecule has 0 saturated carbocycles. The Morgan fingerprint density at radius 1 is 1.16 bits per heavy atom. The van der Waals surface area contributed by atoms with Gasteiger partial charge in [-0.05, 0) is 41.8 Å². The van der Waals surface area contributed by atoms with E-state index in [1.54, 1.807) is 0 Å². The van der Waals surface area contributed by atoms with Gasteiger partial charge in [0.25, 0.3) is 0 Å². The maximum Gasteiger partial charge on any atom is 0.119 e. The van der Waals surface area contributed by atoms with Crippen molar-refractivity contribution in [3.8, 4) is 5.75 Å². The van der Waals surface area contributed by atoms with E-state index >= 15 is 0 Å². The van der Waals surface area contributed by atoms with E-state index in [0.29, 0.717) is 10.9 Å². The van der Waals surface area contributed by atoms with Crippen LogP contribution in [0.1, 0.15) is 22.6 Å². The standard InChI is InChI=1S/C16H15NOS/c17-16(19)11-5-7-14(8-6-11)18-10-13-9-12-3-1-2-4-15(12)13/h1-8,13H,9-10H2,(H2,17,19). The fourth-order valence-electron chi connectivity index (χ4n) is 2.42. The van der Waals surface area contributed by atoms with Crippen LogP contribution in [-0.4, -0.2) is 11.6 Å². The molecule has 1 unspecified atom stereocenters. The van der Waals surface area contributed by atoms with E-state index in [1.807, 2.05) is 24.3 Å². The summed E-state index contributed by atoms with van der Waals surface area (Å²) in [6.07, 6.45) is 1.11. The molecule has 0 bridgehead atoms. The number of hydrogen-bond acceptors (Lipinski definition) is 2. The number of rotatable bonds is 4. The Morgan fingerprint density at radius 2 is 1.89 bits per heavy atom. The monoisotopic (exact) mass is 269 g/mol. The Balaban J connectivity index is 1.60. The molecule has 2 aromatic carbocycles. The molecule has 0 fully saturated rings. The summed E-state index contributed by atoms with van der Waals surface area (Å²) in [4.78, 5) is 0.416. The molecule has 1 atom stereocenters. The summed E-state index contributed by atoms with van der Waals surface area (Å²) in [5.41, 5.74) is 9.30. The lowest BCUT2D eigenvalue weighted by Crippen LogP contribution is -2.23. The quantitative estimate of drug-likeness (QED) is 0.867. The van der Waals surface area contributed by atoms with Gasteiger partial charge in [-0.15, -0.1) is 0 Å². The van der Waals surface area contributed by atoms with Gasteiger partial charge in [-0.25, -0.2) is 0 Å². The van der Waals surface area contributed by atoms with Crippen LogP contribution < -0.4 is 10.5 Å². The lowest BCUT2D eigenvalue weighted by molar-refractivity contribution is 0.275. The van der Waals surface area contributed by atoms with Crippen molar-refractivity contribution in [1.29, 1.82) is 0 Å². The largest absolute Gasteiger partial charge is 0.493 e. The highest BCUT2D eigenvalue weighted by Crippen LogP contribution is 2.35. The van der Waals surface area contributed by atoms with Crippen LogP contribution in [0.2, 0.25) is 0 Å². The fraction of sp³-hybridized carbons (Fsp3) is 0.188. The molecule has 0 radical (unpaired) electrons. The van der Waals surface area contributed by atoms with Gasteiger partial charge in [0.05, 0.1) is 6.61 Å².